The molecule has 2 fully saturated rings. The maximum Gasteiger partial charge on any atom is 0.0195 e. The van der Waals surface area contributed by atoms with Gasteiger partial charge in [0.25, 0.3) is 0 Å². The van der Waals surface area contributed by atoms with E-state index in [9.17, 15) is 0 Å². The van der Waals surface area contributed by atoms with Crippen LogP contribution in [0, 0.1) is 5.92 Å². The third-order valence-corrected chi connectivity index (χ3v) is 4.12. The lowest BCUT2D eigenvalue weighted by Crippen LogP contribution is -2.46. The van der Waals surface area contributed by atoms with Gasteiger partial charge in [-0.3, -0.25) is 0 Å². The van der Waals surface area contributed by atoms with Crippen LogP contribution in [0.25, 0.3) is 0 Å². The van der Waals surface area contributed by atoms with Crippen molar-refractivity contribution in [1.82, 2.24) is 10.2 Å². The summed E-state index contributed by atoms with van der Waals surface area (Å²) in [5.41, 5.74) is 0. The molecule has 1 N–H and O–H groups in total. The topological polar surface area (TPSA) is 15.3 Å². The Labute approximate surface area is 94.4 Å². The molecule has 2 rings (SSSR count). The second-order valence-electron chi connectivity index (χ2n) is 5.29. The predicted molar refractivity (Wildman–Crippen MR) is 65.1 cm³/mol. The lowest BCUT2D eigenvalue weighted by Gasteiger charge is -2.33. The smallest absolute Gasteiger partial charge is 0.0195 e. The van der Waals surface area contributed by atoms with Crippen LogP contribution in [0.4, 0.5) is 0 Å². The minimum absolute atomic E-state index is 0.777. The fraction of sp³-hybridized carbons (Fsp3) is 1.00. The first kappa shape index (κ1) is 11.4. The summed E-state index contributed by atoms with van der Waals surface area (Å²) < 4.78 is 0. The summed E-state index contributed by atoms with van der Waals surface area (Å²) in [6.45, 7) is 7.38. The normalized spacial score (nSPS) is 29.8. The molecule has 0 aromatic rings. The van der Waals surface area contributed by atoms with Gasteiger partial charge in [0.1, 0.15) is 0 Å². The summed E-state index contributed by atoms with van der Waals surface area (Å²) in [7, 11) is 0. The van der Waals surface area contributed by atoms with Gasteiger partial charge in [0.15, 0.2) is 0 Å². The largest absolute Gasteiger partial charge is 0.312 e. The van der Waals surface area contributed by atoms with Crippen molar-refractivity contribution in [2.75, 3.05) is 26.2 Å². The Morgan fingerprint density at radius 2 is 1.93 bits per heavy atom. The zero-order valence-corrected chi connectivity index (χ0v) is 10.2. The Morgan fingerprint density at radius 1 is 1.13 bits per heavy atom. The fourth-order valence-corrected chi connectivity index (χ4v) is 3.06. The molecule has 1 heterocycles. The van der Waals surface area contributed by atoms with E-state index >= 15 is 0 Å². The van der Waals surface area contributed by atoms with Gasteiger partial charge in [-0.15, -0.1) is 0 Å². The molecular weight excluding hydrogens is 184 g/mol. The van der Waals surface area contributed by atoms with E-state index in [1.165, 1.54) is 64.7 Å². The molecule has 1 saturated carbocycles. The van der Waals surface area contributed by atoms with E-state index in [0.29, 0.717) is 0 Å². The fourth-order valence-electron chi connectivity index (χ4n) is 3.06. The van der Waals surface area contributed by atoms with Crippen molar-refractivity contribution in [2.24, 2.45) is 5.92 Å². The van der Waals surface area contributed by atoms with Crippen molar-refractivity contribution in [1.29, 1.82) is 0 Å². The van der Waals surface area contributed by atoms with Crippen molar-refractivity contribution >= 4 is 0 Å². The van der Waals surface area contributed by atoms with E-state index in [1.54, 1.807) is 0 Å². The van der Waals surface area contributed by atoms with Crippen molar-refractivity contribution < 1.29 is 0 Å². The van der Waals surface area contributed by atoms with Crippen LogP contribution >= 0.6 is 0 Å². The van der Waals surface area contributed by atoms with Gasteiger partial charge in [-0.05, 0) is 51.2 Å². The second-order valence-corrected chi connectivity index (χ2v) is 5.29. The van der Waals surface area contributed by atoms with Gasteiger partial charge in [0.2, 0.25) is 0 Å². The second kappa shape index (κ2) is 5.86. The van der Waals surface area contributed by atoms with Crippen LogP contribution in [0.15, 0.2) is 0 Å². The minimum atomic E-state index is 0.777. The minimum Gasteiger partial charge on any atom is -0.312 e. The molecule has 1 aliphatic heterocycles. The van der Waals surface area contributed by atoms with E-state index in [4.69, 9.17) is 0 Å². The average molecular weight is 210 g/mol. The van der Waals surface area contributed by atoms with Crippen LogP contribution in [-0.2, 0) is 0 Å². The highest BCUT2D eigenvalue weighted by molar-refractivity contribution is 4.79. The van der Waals surface area contributed by atoms with E-state index in [2.05, 4.69) is 17.1 Å². The third kappa shape index (κ3) is 3.46. The molecule has 0 amide bonds. The number of hydrogen-bond acceptors (Lipinski definition) is 2. The Balaban J connectivity index is 1.65. The Morgan fingerprint density at radius 3 is 2.67 bits per heavy atom. The Bertz CT molecular complexity index is 175. The van der Waals surface area contributed by atoms with E-state index in [0.717, 1.165) is 12.0 Å². The van der Waals surface area contributed by atoms with Gasteiger partial charge >= 0.3 is 0 Å². The molecule has 2 heteroatoms. The summed E-state index contributed by atoms with van der Waals surface area (Å²) in [5, 5.41) is 3.79. The van der Waals surface area contributed by atoms with Gasteiger partial charge in [-0.2, -0.15) is 0 Å². The molecule has 0 bridgehead atoms. The molecule has 1 saturated heterocycles. The summed E-state index contributed by atoms with van der Waals surface area (Å²) in [5.74, 6) is 0.988. The quantitative estimate of drug-likeness (QED) is 0.765. The van der Waals surface area contributed by atoms with Crippen LogP contribution in [0.3, 0.4) is 0 Å². The van der Waals surface area contributed by atoms with Crippen molar-refractivity contribution in [2.45, 2.75) is 51.5 Å². The van der Waals surface area contributed by atoms with E-state index in [1.807, 2.05) is 0 Å². The van der Waals surface area contributed by atoms with Gasteiger partial charge in [-0.25, -0.2) is 0 Å². The molecule has 0 spiro atoms. The molecule has 2 nitrogen and oxygen atoms in total. The summed E-state index contributed by atoms with van der Waals surface area (Å²) >= 11 is 0. The molecule has 1 aliphatic carbocycles. The maximum atomic E-state index is 3.79. The average Bonchev–Trinajstić information content (AvgIpc) is 2.79. The molecule has 1 unspecified atom stereocenters. The van der Waals surface area contributed by atoms with Gasteiger partial charge in [0, 0.05) is 12.6 Å². The van der Waals surface area contributed by atoms with Gasteiger partial charge in [-0.1, -0.05) is 19.8 Å². The molecular formula is C13H26N2. The zero-order chi connectivity index (χ0) is 10.5. The molecule has 0 aromatic carbocycles. The van der Waals surface area contributed by atoms with Gasteiger partial charge < -0.3 is 10.2 Å². The Kier molecular flexibility index (Phi) is 4.45. The number of likely N-dealkylation sites (N-methyl/N-ethyl adjacent to an activating group) is 1. The van der Waals surface area contributed by atoms with Gasteiger partial charge in [0.05, 0.1) is 0 Å². The number of rotatable bonds is 4. The summed E-state index contributed by atoms with van der Waals surface area (Å²) in [6.07, 6.45) is 8.66. The highest BCUT2D eigenvalue weighted by atomic mass is 15.2. The first-order chi connectivity index (χ1) is 7.38. The lowest BCUT2D eigenvalue weighted by atomic mass is 10.0. The summed E-state index contributed by atoms with van der Waals surface area (Å²) in [4.78, 5) is 2.58. The molecule has 88 valence electrons. The molecule has 1 atom stereocenters. The number of nitrogens with one attached hydrogen (secondary N) is 1. The third-order valence-electron chi connectivity index (χ3n) is 4.12. The predicted octanol–water partition coefficient (Wildman–Crippen LogP) is 2.25. The lowest BCUT2D eigenvalue weighted by molar-refractivity contribution is 0.195. The molecule has 0 radical (unpaired) electrons. The van der Waals surface area contributed by atoms with Crippen LogP contribution in [0.5, 0.6) is 0 Å². The number of nitrogens with zero attached hydrogens (tertiary/aromatic N) is 1. The summed E-state index contributed by atoms with van der Waals surface area (Å²) in [6, 6.07) is 0.777. The van der Waals surface area contributed by atoms with Crippen molar-refractivity contribution in [3.63, 3.8) is 0 Å². The van der Waals surface area contributed by atoms with Crippen LogP contribution in [0.2, 0.25) is 0 Å². The van der Waals surface area contributed by atoms with E-state index in [-0.39, 0.29) is 0 Å². The first-order valence-electron chi connectivity index (χ1n) is 6.84. The van der Waals surface area contributed by atoms with Crippen molar-refractivity contribution in [3.8, 4) is 0 Å². The van der Waals surface area contributed by atoms with E-state index < -0.39 is 0 Å². The highest BCUT2D eigenvalue weighted by Crippen LogP contribution is 2.24. The molecule has 15 heavy (non-hydrogen) atoms. The standard InChI is InChI=1S/C13H26N2/c1-2-15-9-5-8-13(11-15)14-10-12-6-3-4-7-12/h12-14H,2-11H2,1H3. The number of hydrogen-bond donors (Lipinski definition) is 1. The first-order valence-corrected chi connectivity index (χ1v) is 6.84. The molecule has 0 aromatic heterocycles. The van der Waals surface area contributed by atoms with Crippen LogP contribution < -0.4 is 5.32 Å². The number of likely N-dealkylation sites (tertiary alicyclic amines) is 1. The SMILES string of the molecule is CCN1CCCC(NCC2CCCC2)C1. The van der Waals surface area contributed by atoms with Crippen LogP contribution in [0.1, 0.15) is 45.4 Å². The number of piperidine rings is 1. The Hall–Kier alpha value is -0.0800. The molecule has 2 aliphatic rings. The van der Waals surface area contributed by atoms with Crippen molar-refractivity contribution in [3.05, 3.63) is 0 Å². The highest BCUT2D eigenvalue weighted by Gasteiger charge is 2.20. The zero-order valence-electron chi connectivity index (χ0n) is 10.2. The van der Waals surface area contributed by atoms with Crippen LogP contribution in [-0.4, -0.2) is 37.1 Å². The monoisotopic (exact) mass is 210 g/mol. The maximum absolute atomic E-state index is 3.79.